The molecule has 0 fully saturated rings. The van der Waals surface area contributed by atoms with Crippen molar-refractivity contribution in [1.82, 2.24) is 9.78 Å². The van der Waals surface area contributed by atoms with E-state index >= 15 is 0 Å². The van der Waals surface area contributed by atoms with Gasteiger partial charge in [-0.3, -0.25) is 14.3 Å². The number of nitrogens with zero attached hydrogens (tertiary/aromatic N) is 1. The maximum absolute atomic E-state index is 12.9. The quantitative estimate of drug-likeness (QED) is 0.805. The maximum Gasteiger partial charge on any atom is 0.277 e. The average Bonchev–Trinajstić information content (AvgIpc) is 2.88. The number of carbonyl (C=O) groups excluding carboxylic acids is 1. The highest BCUT2D eigenvalue weighted by Gasteiger charge is 2.21. The van der Waals surface area contributed by atoms with Gasteiger partial charge >= 0.3 is 0 Å². The first-order valence-electron chi connectivity index (χ1n) is 8.06. The van der Waals surface area contributed by atoms with Gasteiger partial charge in [0.05, 0.1) is 0 Å². The van der Waals surface area contributed by atoms with Crippen molar-refractivity contribution in [2.45, 2.75) is 47.6 Å². The third-order valence-electron chi connectivity index (χ3n) is 4.32. The van der Waals surface area contributed by atoms with Gasteiger partial charge in [-0.05, 0) is 62.9 Å². The Morgan fingerprint density at radius 2 is 1.88 bits per heavy atom. The summed E-state index contributed by atoms with van der Waals surface area (Å²) in [6.07, 6.45) is 2.31. The number of aryl methyl sites for hydroxylation is 1. The van der Waals surface area contributed by atoms with Crippen molar-refractivity contribution in [3.05, 3.63) is 61.5 Å². The van der Waals surface area contributed by atoms with Crippen LogP contribution in [0.1, 0.15) is 61.2 Å². The van der Waals surface area contributed by atoms with Crippen LogP contribution < -0.4 is 5.56 Å². The Bertz CT molecular complexity index is 868. The monoisotopic (exact) mass is 346 g/mol. The number of ketones is 1. The molecular weight excluding hydrogens is 324 g/mol. The Labute approximate surface area is 147 Å². The van der Waals surface area contributed by atoms with Gasteiger partial charge in [0.15, 0.2) is 5.78 Å². The number of aromatic amines is 1. The van der Waals surface area contributed by atoms with Crippen LogP contribution in [0.5, 0.6) is 0 Å². The molecule has 128 valence electrons. The molecular formula is C19H23ClN2O2. The van der Waals surface area contributed by atoms with Crippen molar-refractivity contribution in [3.8, 4) is 0 Å². The molecule has 1 aromatic carbocycles. The first-order chi connectivity index (χ1) is 11.3. The third kappa shape index (κ3) is 3.24. The van der Waals surface area contributed by atoms with Crippen LogP contribution in [0.2, 0.25) is 5.02 Å². The van der Waals surface area contributed by atoms with Gasteiger partial charge in [-0.15, -0.1) is 0 Å². The first kappa shape index (κ1) is 18.3. The van der Waals surface area contributed by atoms with Crippen LogP contribution in [0.25, 0.3) is 5.57 Å². The molecule has 1 heterocycles. The Morgan fingerprint density at radius 3 is 2.46 bits per heavy atom. The summed E-state index contributed by atoms with van der Waals surface area (Å²) in [6, 6.07) is 3.42. The van der Waals surface area contributed by atoms with E-state index in [0.717, 1.165) is 28.7 Å². The molecule has 0 spiro atoms. The number of H-pyrrole nitrogens is 1. The molecule has 0 atom stereocenters. The molecule has 0 saturated carbocycles. The fourth-order valence-corrected chi connectivity index (χ4v) is 3.09. The van der Waals surface area contributed by atoms with E-state index < -0.39 is 0 Å². The van der Waals surface area contributed by atoms with Gasteiger partial charge in [-0.25, -0.2) is 0 Å². The lowest BCUT2D eigenvalue weighted by atomic mass is 9.92. The second kappa shape index (κ2) is 7.22. The molecule has 1 aromatic heterocycles. The number of rotatable bonds is 5. The molecule has 0 aliphatic rings. The van der Waals surface area contributed by atoms with Crippen LogP contribution in [0.4, 0.5) is 0 Å². The molecule has 0 aliphatic carbocycles. The molecule has 4 nitrogen and oxygen atoms in total. The Balaban J connectivity index is 2.58. The summed E-state index contributed by atoms with van der Waals surface area (Å²) in [5, 5.41) is 3.47. The highest BCUT2D eigenvalue weighted by atomic mass is 35.5. The standard InChI is InChI=1S/C19H23ClN2O2/c1-6-9-22-19(24)15(10-21-22)18(23)14-7-8-16(20)17(13(14)5)12(4)11(2)3/h7-8,10,21H,6,9H2,1-5H3. The van der Waals surface area contributed by atoms with Crippen molar-refractivity contribution < 1.29 is 4.79 Å². The summed E-state index contributed by atoms with van der Waals surface area (Å²) in [7, 11) is 0. The molecule has 0 unspecified atom stereocenters. The highest BCUT2D eigenvalue weighted by Crippen LogP contribution is 2.31. The van der Waals surface area contributed by atoms with Crippen LogP contribution in [-0.2, 0) is 6.54 Å². The number of halogens is 1. The molecule has 0 aliphatic heterocycles. The minimum Gasteiger partial charge on any atom is -0.302 e. The minimum absolute atomic E-state index is 0.162. The number of hydrogen-bond acceptors (Lipinski definition) is 2. The van der Waals surface area contributed by atoms with Crippen LogP contribution in [0, 0.1) is 6.92 Å². The molecule has 0 bridgehead atoms. The molecule has 0 amide bonds. The molecule has 2 rings (SSSR count). The van der Waals surface area contributed by atoms with E-state index in [0.29, 0.717) is 17.1 Å². The summed E-state index contributed by atoms with van der Waals surface area (Å²) in [4.78, 5) is 25.2. The third-order valence-corrected chi connectivity index (χ3v) is 4.63. The Hall–Kier alpha value is -2.07. The summed E-state index contributed by atoms with van der Waals surface area (Å²) in [5.74, 6) is -0.275. The van der Waals surface area contributed by atoms with Crippen LogP contribution >= 0.6 is 11.6 Å². The smallest absolute Gasteiger partial charge is 0.277 e. The Kier molecular flexibility index (Phi) is 5.50. The first-order valence-corrected chi connectivity index (χ1v) is 8.43. The number of aromatic nitrogens is 2. The zero-order valence-electron chi connectivity index (χ0n) is 14.8. The van der Waals surface area contributed by atoms with Crippen molar-refractivity contribution in [2.24, 2.45) is 0 Å². The number of hydrogen-bond donors (Lipinski definition) is 1. The van der Waals surface area contributed by atoms with Crippen molar-refractivity contribution in [2.75, 3.05) is 0 Å². The van der Waals surface area contributed by atoms with Crippen molar-refractivity contribution in [1.29, 1.82) is 0 Å². The van der Waals surface area contributed by atoms with E-state index in [1.807, 2.05) is 34.6 Å². The average molecular weight is 347 g/mol. The summed E-state index contributed by atoms with van der Waals surface area (Å²) in [5.41, 5.74) is 4.24. The summed E-state index contributed by atoms with van der Waals surface area (Å²) in [6.45, 7) is 10.4. The minimum atomic E-state index is -0.281. The number of benzene rings is 1. The van der Waals surface area contributed by atoms with Gasteiger partial charge in [0.25, 0.3) is 5.56 Å². The predicted molar refractivity (Wildman–Crippen MR) is 98.9 cm³/mol. The number of allylic oxidation sites excluding steroid dienone is 2. The molecule has 0 radical (unpaired) electrons. The van der Waals surface area contributed by atoms with E-state index in [4.69, 9.17) is 11.6 Å². The fraction of sp³-hybridized carbons (Fsp3) is 0.368. The van der Waals surface area contributed by atoms with Gasteiger partial charge < -0.3 is 5.10 Å². The van der Waals surface area contributed by atoms with Crippen LogP contribution in [0.3, 0.4) is 0 Å². The van der Waals surface area contributed by atoms with Crippen molar-refractivity contribution in [3.63, 3.8) is 0 Å². The van der Waals surface area contributed by atoms with E-state index in [9.17, 15) is 9.59 Å². The van der Waals surface area contributed by atoms with Crippen LogP contribution in [-0.4, -0.2) is 15.6 Å². The van der Waals surface area contributed by atoms with Gasteiger partial charge in [-0.2, -0.15) is 0 Å². The molecule has 24 heavy (non-hydrogen) atoms. The zero-order valence-corrected chi connectivity index (χ0v) is 15.5. The lowest BCUT2D eigenvalue weighted by Gasteiger charge is -2.14. The fourth-order valence-electron chi connectivity index (χ4n) is 2.74. The van der Waals surface area contributed by atoms with Gasteiger partial charge in [-0.1, -0.05) is 24.1 Å². The number of carbonyl (C=O) groups is 1. The maximum atomic E-state index is 12.9. The van der Waals surface area contributed by atoms with Gasteiger partial charge in [0, 0.05) is 23.3 Å². The predicted octanol–water partition coefficient (Wildman–Crippen LogP) is 4.59. The van der Waals surface area contributed by atoms with E-state index in [-0.39, 0.29) is 16.9 Å². The zero-order chi connectivity index (χ0) is 18.0. The van der Waals surface area contributed by atoms with Gasteiger partial charge in [0.2, 0.25) is 0 Å². The molecule has 2 aromatic rings. The van der Waals surface area contributed by atoms with E-state index in [1.165, 1.54) is 10.9 Å². The van der Waals surface area contributed by atoms with Crippen LogP contribution in [0.15, 0.2) is 28.7 Å². The summed E-state index contributed by atoms with van der Waals surface area (Å²) < 4.78 is 1.46. The normalized spacial score (nSPS) is 10.8. The number of nitrogens with one attached hydrogen (secondary N) is 1. The van der Waals surface area contributed by atoms with Crippen molar-refractivity contribution >= 4 is 23.0 Å². The lowest BCUT2D eigenvalue weighted by molar-refractivity contribution is 0.103. The van der Waals surface area contributed by atoms with E-state index in [1.54, 1.807) is 12.1 Å². The van der Waals surface area contributed by atoms with Gasteiger partial charge in [0.1, 0.15) is 5.56 Å². The molecule has 1 N–H and O–H groups in total. The lowest BCUT2D eigenvalue weighted by Crippen LogP contribution is -2.22. The summed E-state index contributed by atoms with van der Waals surface area (Å²) >= 11 is 6.35. The highest BCUT2D eigenvalue weighted by molar-refractivity contribution is 6.32. The molecule has 5 heteroatoms. The molecule has 0 saturated heterocycles. The SMILES string of the molecule is CCCn1[nH]cc(C(=O)c2ccc(Cl)c(C(C)=C(C)C)c2C)c1=O. The second-order valence-electron chi connectivity index (χ2n) is 6.19. The topological polar surface area (TPSA) is 54.9 Å². The van der Waals surface area contributed by atoms with E-state index in [2.05, 4.69) is 5.10 Å². The second-order valence-corrected chi connectivity index (χ2v) is 6.60. The largest absolute Gasteiger partial charge is 0.302 e. The Morgan fingerprint density at radius 1 is 1.21 bits per heavy atom.